The summed E-state index contributed by atoms with van der Waals surface area (Å²) in [7, 11) is -0.110. The molecule has 204 valence electrons. The fraction of sp³-hybridized carbons (Fsp3) is 0.750. The molecule has 0 bridgehead atoms. The molecular weight excluding hydrogens is 460 g/mol. The van der Waals surface area contributed by atoms with Gasteiger partial charge in [0, 0.05) is 19.1 Å². The molecule has 2 fully saturated rings. The van der Waals surface area contributed by atoms with E-state index in [-0.39, 0.29) is 10.6 Å². The zero-order valence-corrected chi connectivity index (χ0v) is 25.9. The second kappa shape index (κ2) is 11.4. The van der Waals surface area contributed by atoms with Crippen molar-refractivity contribution in [2.24, 2.45) is 23.2 Å². The van der Waals surface area contributed by atoms with Crippen molar-refractivity contribution in [1.29, 1.82) is 0 Å². The Hall–Kier alpha value is -0.943. The van der Waals surface area contributed by atoms with Gasteiger partial charge in [-0.25, -0.2) is 0 Å². The van der Waals surface area contributed by atoms with Crippen LogP contribution in [0.3, 0.4) is 0 Å². The van der Waals surface area contributed by atoms with Gasteiger partial charge < -0.3 is 13.9 Å². The first-order valence-electron chi connectivity index (χ1n) is 14.3. The monoisotopic (exact) mass is 514 g/mol. The predicted molar refractivity (Wildman–Crippen MR) is 155 cm³/mol. The Kier molecular flexibility index (Phi) is 9.40. The molecule has 0 amide bonds. The van der Waals surface area contributed by atoms with Gasteiger partial charge in [-0.2, -0.15) is 0 Å². The summed E-state index contributed by atoms with van der Waals surface area (Å²) in [5.74, 6) is 2.27. The van der Waals surface area contributed by atoms with Crippen LogP contribution in [0, 0.1) is 23.2 Å². The van der Waals surface area contributed by atoms with Crippen LogP contribution in [0.4, 0.5) is 0 Å². The standard InChI is InChI=1S/C32H54O3Si/c1-24(26(25-15-12-11-13-16-25)20-22-31(5,6)34-23-33-8)27-18-19-28-29(17-14-21-32(27,28)7)35-36(9,10)30(2,3)4/h11-13,15-16,20,22,24,26-29H,14,17-19,21,23H2,1-10H3/b22-20+/t24-,26-,27-,28+,29+,32-/m1/s1. The van der Waals surface area contributed by atoms with Crippen molar-refractivity contribution >= 4 is 8.32 Å². The van der Waals surface area contributed by atoms with Crippen LogP contribution in [0.15, 0.2) is 42.5 Å². The molecule has 0 aromatic heterocycles. The van der Waals surface area contributed by atoms with Crippen LogP contribution < -0.4 is 0 Å². The molecule has 1 aromatic carbocycles. The highest BCUT2D eigenvalue weighted by Gasteiger charge is 2.55. The first kappa shape index (κ1) is 29.6. The van der Waals surface area contributed by atoms with Crippen LogP contribution in [0.5, 0.6) is 0 Å². The zero-order valence-electron chi connectivity index (χ0n) is 24.9. The van der Waals surface area contributed by atoms with Crippen molar-refractivity contribution in [2.75, 3.05) is 13.9 Å². The van der Waals surface area contributed by atoms with Crippen molar-refractivity contribution in [2.45, 2.75) is 116 Å². The molecule has 0 saturated heterocycles. The smallest absolute Gasteiger partial charge is 0.192 e. The van der Waals surface area contributed by atoms with Crippen LogP contribution in [-0.4, -0.2) is 33.9 Å². The van der Waals surface area contributed by atoms with Crippen LogP contribution in [-0.2, 0) is 13.9 Å². The van der Waals surface area contributed by atoms with E-state index >= 15 is 0 Å². The molecule has 3 nitrogen and oxygen atoms in total. The molecule has 0 N–H and O–H groups in total. The third-order valence-electron chi connectivity index (χ3n) is 10.0. The number of fused-ring (bicyclic) bond motifs is 1. The summed E-state index contributed by atoms with van der Waals surface area (Å²) in [5.41, 5.74) is 1.38. The third kappa shape index (κ3) is 6.54. The topological polar surface area (TPSA) is 27.7 Å². The fourth-order valence-electron chi connectivity index (χ4n) is 6.83. The Bertz CT molecular complexity index is 856. The largest absolute Gasteiger partial charge is 0.414 e. The fourth-order valence-corrected chi connectivity index (χ4v) is 8.22. The maximum atomic E-state index is 7.12. The van der Waals surface area contributed by atoms with E-state index in [1.54, 1.807) is 7.11 Å². The summed E-state index contributed by atoms with van der Waals surface area (Å²) < 4.78 is 18.2. The summed E-state index contributed by atoms with van der Waals surface area (Å²) in [6, 6.07) is 11.1. The number of ether oxygens (including phenoxy) is 2. The van der Waals surface area contributed by atoms with Gasteiger partial charge in [-0.1, -0.05) is 83.5 Å². The zero-order chi connectivity index (χ0) is 26.8. The highest BCUT2D eigenvalue weighted by molar-refractivity contribution is 6.74. The number of hydrogen-bond donors (Lipinski definition) is 0. The molecule has 0 aliphatic heterocycles. The number of methoxy groups -OCH3 is 1. The van der Waals surface area contributed by atoms with E-state index in [4.69, 9.17) is 13.9 Å². The van der Waals surface area contributed by atoms with Gasteiger partial charge in [-0.05, 0) is 86.4 Å². The molecule has 4 heteroatoms. The minimum atomic E-state index is -1.79. The van der Waals surface area contributed by atoms with E-state index in [1.165, 1.54) is 37.7 Å². The summed E-state index contributed by atoms with van der Waals surface area (Å²) in [4.78, 5) is 0. The second-order valence-corrected chi connectivity index (χ2v) is 18.7. The molecule has 36 heavy (non-hydrogen) atoms. The van der Waals surface area contributed by atoms with Crippen LogP contribution >= 0.6 is 0 Å². The van der Waals surface area contributed by atoms with Crippen molar-refractivity contribution in [3.63, 3.8) is 0 Å². The first-order valence-corrected chi connectivity index (χ1v) is 17.2. The van der Waals surface area contributed by atoms with Gasteiger partial charge in [0.25, 0.3) is 0 Å². The molecule has 0 unspecified atom stereocenters. The van der Waals surface area contributed by atoms with Gasteiger partial charge in [0.1, 0.15) is 6.79 Å². The Balaban J connectivity index is 1.86. The molecule has 3 rings (SSSR count). The number of rotatable bonds is 10. The highest BCUT2D eigenvalue weighted by atomic mass is 28.4. The van der Waals surface area contributed by atoms with E-state index in [1.807, 2.05) is 0 Å². The highest BCUT2D eigenvalue weighted by Crippen LogP contribution is 2.60. The van der Waals surface area contributed by atoms with Crippen molar-refractivity contribution < 1.29 is 13.9 Å². The summed E-state index contributed by atoms with van der Waals surface area (Å²) >= 11 is 0. The SMILES string of the molecule is COCOC(C)(C)/C=C/[C@@H](c1ccccc1)[C@@H](C)[C@H]1CC[C@H]2[C@@H](O[Si](C)(C)C(C)(C)C)CCC[C@]12C. The summed E-state index contributed by atoms with van der Waals surface area (Å²) in [5, 5.41) is 0.257. The number of benzene rings is 1. The van der Waals surface area contributed by atoms with Crippen molar-refractivity contribution in [3.05, 3.63) is 48.0 Å². The third-order valence-corrected chi connectivity index (χ3v) is 14.5. The van der Waals surface area contributed by atoms with E-state index in [0.29, 0.717) is 42.0 Å². The second-order valence-electron chi connectivity index (χ2n) is 13.9. The van der Waals surface area contributed by atoms with Crippen LogP contribution in [0.25, 0.3) is 0 Å². The first-order chi connectivity index (χ1) is 16.7. The summed E-state index contributed by atoms with van der Waals surface area (Å²) in [6.45, 7) is 21.6. The predicted octanol–water partition coefficient (Wildman–Crippen LogP) is 8.97. The maximum absolute atomic E-state index is 7.12. The average molecular weight is 515 g/mol. The molecule has 0 spiro atoms. The molecule has 1 aromatic rings. The van der Waals surface area contributed by atoms with Gasteiger partial charge in [0.2, 0.25) is 0 Å². The van der Waals surface area contributed by atoms with Crippen molar-refractivity contribution in [1.82, 2.24) is 0 Å². The normalized spacial score (nSPS) is 29.3. The van der Waals surface area contributed by atoms with Gasteiger partial charge >= 0.3 is 0 Å². The lowest BCUT2D eigenvalue weighted by Gasteiger charge is -2.50. The van der Waals surface area contributed by atoms with E-state index < -0.39 is 8.32 Å². The Morgan fingerprint density at radius 3 is 2.33 bits per heavy atom. The van der Waals surface area contributed by atoms with Crippen LogP contribution in [0.1, 0.15) is 92.1 Å². The Morgan fingerprint density at radius 1 is 1.06 bits per heavy atom. The van der Waals surface area contributed by atoms with Gasteiger partial charge in [-0.15, -0.1) is 0 Å². The lowest BCUT2D eigenvalue weighted by Crippen LogP contribution is -2.50. The quantitative estimate of drug-likeness (QED) is 0.177. The lowest BCUT2D eigenvalue weighted by molar-refractivity contribution is -0.0921. The molecule has 2 saturated carbocycles. The minimum absolute atomic E-state index is 0.257. The lowest BCUT2D eigenvalue weighted by atomic mass is 9.60. The van der Waals surface area contributed by atoms with E-state index in [0.717, 1.165) is 0 Å². The molecule has 0 heterocycles. The number of hydrogen-bond acceptors (Lipinski definition) is 3. The van der Waals surface area contributed by atoms with Crippen molar-refractivity contribution in [3.8, 4) is 0 Å². The molecule has 6 atom stereocenters. The molecule has 2 aliphatic rings. The molecule has 2 aliphatic carbocycles. The molecular formula is C32H54O3Si. The Morgan fingerprint density at radius 2 is 1.72 bits per heavy atom. The average Bonchev–Trinajstić information content (AvgIpc) is 3.15. The van der Waals surface area contributed by atoms with E-state index in [2.05, 4.69) is 104 Å². The summed E-state index contributed by atoms with van der Waals surface area (Å²) in [6.07, 6.45) is 11.6. The van der Waals surface area contributed by atoms with Gasteiger partial charge in [-0.3, -0.25) is 0 Å². The van der Waals surface area contributed by atoms with Gasteiger partial charge in [0.05, 0.1) is 5.60 Å². The van der Waals surface area contributed by atoms with Gasteiger partial charge in [0.15, 0.2) is 8.32 Å². The van der Waals surface area contributed by atoms with E-state index in [9.17, 15) is 0 Å². The molecule has 0 radical (unpaired) electrons. The van der Waals surface area contributed by atoms with Crippen LogP contribution in [0.2, 0.25) is 18.1 Å². The number of allylic oxidation sites excluding steroid dienone is 1. The maximum Gasteiger partial charge on any atom is 0.192 e. The Labute approximate surface area is 223 Å². The minimum Gasteiger partial charge on any atom is -0.414 e.